The van der Waals surface area contributed by atoms with Gasteiger partial charge in [-0.05, 0) is 38.1 Å². The van der Waals surface area contributed by atoms with Crippen LogP contribution in [0.15, 0.2) is 36.4 Å². The highest BCUT2D eigenvalue weighted by molar-refractivity contribution is 6.22. The van der Waals surface area contributed by atoms with Crippen molar-refractivity contribution in [1.82, 2.24) is 9.80 Å². The molecule has 8 nitrogen and oxygen atoms in total. The molecule has 0 spiro atoms. The summed E-state index contributed by atoms with van der Waals surface area (Å²) < 4.78 is 1.69. The molecule has 1 fully saturated rings. The maximum Gasteiger partial charge on any atom is 0.261 e. The zero-order chi connectivity index (χ0) is 34.0. The number of hydrogen-bond donors (Lipinski definition) is 0. The van der Waals surface area contributed by atoms with Gasteiger partial charge in [0.05, 0.1) is 75.6 Å². The number of fused-ring (bicyclic) bond motifs is 2. The molecule has 2 heterocycles. The van der Waals surface area contributed by atoms with Gasteiger partial charge in [-0.15, -0.1) is 0 Å². The number of rotatable bonds is 10. The van der Waals surface area contributed by atoms with Crippen molar-refractivity contribution in [3.63, 3.8) is 0 Å². The number of imide groups is 2. The van der Waals surface area contributed by atoms with Crippen LogP contribution in [0.3, 0.4) is 0 Å². The molecule has 248 valence electrons. The molecule has 1 saturated carbocycles. The molecule has 0 atom stereocenters. The topological polar surface area (TPSA) is 74.8 Å². The van der Waals surface area contributed by atoms with E-state index in [2.05, 4.69) is 55.9 Å². The second-order valence-electron chi connectivity index (χ2n) is 17.2. The fourth-order valence-electron chi connectivity index (χ4n) is 8.97. The van der Waals surface area contributed by atoms with E-state index in [1.165, 1.54) is 9.80 Å². The Hall–Kier alpha value is -3.36. The third-order valence-corrected chi connectivity index (χ3v) is 10.7. The molecule has 1 aliphatic carbocycles. The third-order valence-electron chi connectivity index (χ3n) is 10.7. The summed E-state index contributed by atoms with van der Waals surface area (Å²) in [6.07, 6.45) is 4.44. The lowest BCUT2D eigenvalue weighted by atomic mass is 9.83. The van der Waals surface area contributed by atoms with Crippen LogP contribution in [0.25, 0.3) is 0 Å². The normalized spacial score (nSPS) is 20.9. The lowest BCUT2D eigenvalue weighted by Gasteiger charge is -2.49. The third kappa shape index (κ3) is 6.56. The molecule has 2 aliphatic heterocycles. The molecular weight excluding hydrogens is 576 g/mol. The highest BCUT2D eigenvalue weighted by Crippen LogP contribution is 2.37. The minimum Gasteiger partial charge on any atom is -0.326 e. The Bertz CT molecular complexity index is 1460. The van der Waals surface area contributed by atoms with Gasteiger partial charge in [-0.3, -0.25) is 29.0 Å². The van der Waals surface area contributed by atoms with Gasteiger partial charge < -0.3 is 8.97 Å². The zero-order valence-electron chi connectivity index (χ0n) is 29.7. The first kappa shape index (κ1) is 34.0. The Morgan fingerprint density at radius 1 is 0.565 bits per heavy atom. The Labute approximate surface area is 275 Å². The summed E-state index contributed by atoms with van der Waals surface area (Å²) in [4.78, 5) is 55.6. The van der Waals surface area contributed by atoms with E-state index in [-0.39, 0.29) is 34.5 Å². The van der Waals surface area contributed by atoms with Crippen molar-refractivity contribution in [3.8, 4) is 0 Å². The first-order valence-electron chi connectivity index (χ1n) is 16.8. The average Bonchev–Trinajstić information content (AvgIpc) is 3.31. The molecule has 2 aromatic carbocycles. The number of amides is 4. The number of carbonyl (C=O) groups excluding carboxylic acids is 4. The first-order chi connectivity index (χ1) is 21.2. The van der Waals surface area contributed by atoms with Gasteiger partial charge in [0.15, 0.2) is 0 Å². The largest absolute Gasteiger partial charge is 0.326 e. The molecule has 3 aliphatic rings. The van der Waals surface area contributed by atoms with Gasteiger partial charge in [0, 0.05) is 49.6 Å². The van der Waals surface area contributed by atoms with Gasteiger partial charge in [0.1, 0.15) is 0 Å². The highest BCUT2D eigenvalue weighted by Gasteiger charge is 2.46. The van der Waals surface area contributed by atoms with E-state index in [1.54, 1.807) is 12.1 Å². The molecule has 0 bridgehead atoms. The molecule has 8 heteroatoms. The average molecular weight is 631 g/mol. The minimum atomic E-state index is -0.245. The van der Waals surface area contributed by atoms with Crippen molar-refractivity contribution in [2.24, 2.45) is 10.8 Å². The smallest absolute Gasteiger partial charge is 0.261 e. The van der Waals surface area contributed by atoms with Crippen molar-refractivity contribution in [2.75, 3.05) is 54.4 Å². The summed E-state index contributed by atoms with van der Waals surface area (Å²) >= 11 is 0. The van der Waals surface area contributed by atoms with Gasteiger partial charge in [-0.25, -0.2) is 0 Å². The van der Waals surface area contributed by atoms with Gasteiger partial charge >= 0.3 is 0 Å². The number of hydrogen-bond acceptors (Lipinski definition) is 4. The Morgan fingerprint density at radius 2 is 0.870 bits per heavy atom. The van der Waals surface area contributed by atoms with Crippen LogP contribution in [0.2, 0.25) is 0 Å². The van der Waals surface area contributed by atoms with Crippen LogP contribution in [0, 0.1) is 24.7 Å². The Kier molecular flexibility index (Phi) is 8.65. The van der Waals surface area contributed by atoms with Crippen molar-refractivity contribution in [1.29, 1.82) is 0 Å². The monoisotopic (exact) mass is 630 g/mol. The van der Waals surface area contributed by atoms with Crippen LogP contribution in [0.1, 0.15) is 106 Å². The summed E-state index contributed by atoms with van der Waals surface area (Å²) in [5.74, 6) is -0.716. The maximum absolute atomic E-state index is 13.2. The van der Waals surface area contributed by atoms with E-state index < -0.39 is 0 Å². The molecule has 46 heavy (non-hydrogen) atoms. The molecule has 0 N–H and O–H groups in total. The van der Waals surface area contributed by atoms with Crippen molar-refractivity contribution in [3.05, 3.63) is 69.8 Å². The quantitative estimate of drug-likeness (QED) is 0.249. The van der Waals surface area contributed by atoms with Crippen LogP contribution in [-0.2, 0) is 0 Å². The molecule has 5 rings (SSSR count). The molecular formula is C38H54N4O4+2. The number of benzene rings is 2. The van der Waals surface area contributed by atoms with E-state index in [1.807, 2.05) is 38.1 Å². The van der Waals surface area contributed by atoms with Gasteiger partial charge in [-0.2, -0.15) is 0 Å². The van der Waals surface area contributed by atoms with E-state index >= 15 is 0 Å². The van der Waals surface area contributed by atoms with Gasteiger partial charge in [0.2, 0.25) is 0 Å². The van der Waals surface area contributed by atoms with E-state index in [0.717, 1.165) is 58.9 Å². The molecule has 2 aromatic rings. The van der Waals surface area contributed by atoms with Crippen molar-refractivity contribution < 1.29 is 28.1 Å². The molecule has 4 amide bonds. The van der Waals surface area contributed by atoms with Gasteiger partial charge in [-0.1, -0.05) is 51.0 Å². The Morgan fingerprint density at radius 3 is 1.20 bits per heavy atom. The summed E-state index contributed by atoms with van der Waals surface area (Å²) in [7, 11) is 9.19. The van der Waals surface area contributed by atoms with Crippen LogP contribution in [-0.4, -0.2) is 109 Å². The van der Waals surface area contributed by atoms with Crippen LogP contribution in [0.4, 0.5) is 0 Å². The second kappa shape index (κ2) is 11.7. The number of carbonyl (C=O) groups is 4. The first-order valence-corrected chi connectivity index (χ1v) is 16.8. The summed E-state index contributed by atoms with van der Waals surface area (Å²) in [6.45, 7) is 15.1. The summed E-state index contributed by atoms with van der Waals surface area (Å²) in [5.41, 5.74) is 3.55. The van der Waals surface area contributed by atoms with Crippen molar-refractivity contribution in [2.45, 2.75) is 79.3 Å². The number of nitrogens with zero attached hydrogens (tertiary/aromatic N) is 4. The van der Waals surface area contributed by atoms with E-state index in [4.69, 9.17) is 0 Å². The number of quaternary nitrogens is 2. The zero-order valence-corrected chi connectivity index (χ0v) is 29.7. The molecule has 0 saturated heterocycles. The fraction of sp³-hybridized carbons (Fsp3) is 0.579. The lowest BCUT2D eigenvalue weighted by Crippen LogP contribution is -2.60. The van der Waals surface area contributed by atoms with E-state index in [0.29, 0.717) is 47.4 Å². The maximum atomic E-state index is 13.2. The minimum absolute atomic E-state index is 0.177. The SMILES string of the molecule is Cc1ccc2c(c1)C(=O)N(CC(C)(C)C[N+](C)(C)C1CCC([N+](C)(C)CC(C)(C)CN3C(=O)c4ccc(C)cc4C3=O)CC1)C2=O. The standard InChI is InChI=1S/C38H54N4O4/c1-25-11-17-29-31(19-25)35(45)39(33(29)43)21-37(3,4)23-41(7,8)27-13-15-28(16-14-27)42(9,10)24-38(5,6)22-40-34(44)30-18-12-26(2)20-32(30)36(40)46/h11-12,17-20,27-28H,13-16,21-24H2,1-10H3/q+2. The highest BCUT2D eigenvalue weighted by atomic mass is 16.2. The lowest BCUT2D eigenvalue weighted by molar-refractivity contribution is -0.936. The molecule has 0 radical (unpaired) electrons. The van der Waals surface area contributed by atoms with Crippen LogP contribution >= 0.6 is 0 Å². The van der Waals surface area contributed by atoms with Gasteiger partial charge in [0.25, 0.3) is 23.6 Å². The predicted octanol–water partition coefficient (Wildman–Crippen LogP) is 5.71. The van der Waals surface area contributed by atoms with Crippen LogP contribution < -0.4 is 0 Å². The fourth-order valence-corrected chi connectivity index (χ4v) is 8.97. The van der Waals surface area contributed by atoms with Crippen LogP contribution in [0.5, 0.6) is 0 Å². The summed E-state index contributed by atoms with van der Waals surface area (Å²) in [6, 6.07) is 12.0. The van der Waals surface area contributed by atoms with Crippen molar-refractivity contribution >= 4 is 23.6 Å². The number of aryl methyl sites for hydroxylation is 2. The summed E-state index contributed by atoms with van der Waals surface area (Å²) in [5, 5.41) is 0. The Balaban J connectivity index is 1.17. The predicted molar refractivity (Wildman–Crippen MR) is 181 cm³/mol. The van der Waals surface area contributed by atoms with E-state index in [9.17, 15) is 19.2 Å². The second-order valence-corrected chi connectivity index (χ2v) is 17.2. The molecule has 0 aromatic heterocycles. The molecule has 0 unspecified atom stereocenters.